The summed E-state index contributed by atoms with van der Waals surface area (Å²) in [6.07, 6.45) is -3.58. The van der Waals surface area contributed by atoms with Crippen molar-refractivity contribution in [3.8, 4) is 0 Å². The topological polar surface area (TPSA) is 106 Å². The highest BCUT2D eigenvalue weighted by atomic mass is 16.7. The molecule has 4 rings (SSSR count). The molecular formula is C23H26N2O6. The van der Waals surface area contributed by atoms with Crippen molar-refractivity contribution in [3.63, 3.8) is 0 Å². The lowest BCUT2D eigenvalue weighted by atomic mass is 9.91. The molecule has 31 heavy (non-hydrogen) atoms. The molecule has 3 N–H and O–H groups in total. The van der Waals surface area contributed by atoms with Crippen LogP contribution in [-0.4, -0.2) is 60.5 Å². The molecular weight excluding hydrogens is 400 g/mol. The van der Waals surface area contributed by atoms with Crippen LogP contribution in [0.15, 0.2) is 60.7 Å². The largest absolute Gasteiger partial charge is 0.388 e. The standard InChI is InChI=1S/C23H26N2O6/c1-14(26)24-12-17-20(27)19(25-22(28)15-8-4-2-5-9-15)21-18(30-17)13-29-23(31-21)16-10-6-3-7-11-16/h2-11,17-21,23,27H,12-13H2,1H3,(H,24,26)(H,25,28)/t17-,18+,19-,20+,21+,23?/m0/s1. The number of rotatable bonds is 5. The molecule has 2 aliphatic heterocycles. The van der Waals surface area contributed by atoms with Gasteiger partial charge in [0, 0.05) is 24.6 Å². The molecule has 2 fully saturated rings. The Labute approximate surface area is 180 Å². The summed E-state index contributed by atoms with van der Waals surface area (Å²) in [5.74, 6) is -0.557. The number of aliphatic hydroxyl groups excluding tert-OH is 1. The molecule has 2 heterocycles. The molecule has 0 spiro atoms. The number of ether oxygens (including phenoxy) is 3. The molecule has 0 saturated carbocycles. The highest BCUT2D eigenvalue weighted by Gasteiger charge is 2.49. The maximum atomic E-state index is 12.8. The Morgan fingerprint density at radius 3 is 2.39 bits per heavy atom. The number of benzene rings is 2. The van der Waals surface area contributed by atoms with Crippen LogP contribution < -0.4 is 10.6 Å². The Kier molecular flexibility index (Phi) is 6.62. The molecule has 2 aromatic carbocycles. The van der Waals surface area contributed by atoms with Gasteiger partial charge in [-0.2, -0.15) is 0 Å². The molecule has 0 aromatic heterocycles. The lowest BCUT2D eigenvalue weighted by molar-refractivity contribution is -0.308. The first-order valence-corrected chi connectivity index (χ1v) is 10.3. The first kappa shape index (κ1) is 21.5. The van der Waals surface area contributed by atoms with Crippen LogP contribution in [0.25, 0.3) is 0 Å². The summed E-state index contributed by atoms with van der Waals surface area (Å²) in [5.41, 5.74) is 1.31. The van der Waals surface area contributed by atoms with Crippen LogP contribution >= 0.6 is 0 Å². The van der Waals surface area contributed by atoms with Crippen molar-refractivity contribution in [3.05, 3.63) is 71.8 Å². The van der Waals surface area contributed by atoms with Gasteiger partial charge in [0.05, 0.1) is 12.6 Å². The second-order valence-electron chi connectivity index (χ2n) is 7.68. The molecule has 0 aliphatic carbocycles. The average molecular weight is 426 g/mol. The number of fused-ring (bicyclic) bond motifs is 1. The second-order valence-corrected chi connectivity index (χ2v) is 7.68. The minimum absolute atomic E-state index is 0.111. The summed E-state index contributed by atoms with van der Waals surface area (Å²) in [5, 5.41) is 16.6. The van der Waals surface area contributed by atoms with E-state index in [4.69, 9.17) is 14.2 Å². The third-order valence-corrected chi connectivity index (χ3v) is 5.47. The zero-order valence-electron chi connectivity index (χ0n) is 17.1. The third-order valence-electron chi connectivity index (χ3n) is 5.47. The Hall–Kier alpha value is -2.78. The zero-order valence-corrected chi connectivity index (χ0v) is 17.1. The first-order valence-electron chi connectivity index (χ1n) is 10.3. The van der Waals surface area contributed by atoms with E-state index < -0.39 is 36.7 Å². The first-order chi connectivity index (χ1) is 15.0. The molecule has 0 radical (unpaired) electrons. The molecule has 0 bridgehead atoms. The predicted molar refractivity (Wildman–Crippen MR) is 111 cm³/mol. The van der Waals surface area contributed by atoms with E-state index in [1.54, 1.807) is 24.3 Å². The molecule has 2 aromatic rings. The van der Waals surface area contributed by atoms with E-state index in [2.05, 4.69) is 10.6 Å². The van der Waals surface area contributed by atoms with Crippen molar-refractivity contribution in [1.82, 2.24) is 10.6 Å². The van der Waals surface area contributed by atoms with Crippen LogP contribution in [-0.2, 0) is 19.0 Å². The summed E-state index contributed by atoms with van der Waals surface area (Å²) in [4.78, 5) is 24.2. The van der Waals surface area contributed by atoms with Crippen molar-refractivity contribution < 1.29 is 28.9 Å². The SMILES string of the molecule is CC(=O)NC[C@@H]1O[C@@H]2COC(c3ccccc3)O[C@H]2[C@@H](NC(=O)c2ccccc2)[C@@H]1O. The molecule has 6 atom stereocenters. The van der Waals surface area contributed by atoms with Crippen LogP contribution in [0.3, 0.4) is 0 Å². The number of carbonyl (C=O) groups excluding carboxylic acids is 2. The van der Waals surface area contributed by atoms with Gasteiger partial charge in [-0.15, -0.1) is 0 Å². The van der Waals surface area contributed by atoms with Crippen LogP contribution in [0.5, 0.6) is 0 Å². The third kappa shape index (κ3) is 4.94. The number of aliphatic hydroxyl groups is 1. The Morgan fingerprint density at radius 2 is 1.71 bits per heavy atom. The van der Waals surface area contributed by atoms with Gasteiger partial charge in [0.15, 0.2) is 6.29 Å². The minimum atomic E-state index is -1.09. The van der Waals surface area contributed by atoms with Crippen LogP contribution in [0, 0.1) is 0 Å². The van der Waals surface area contributed by atoms with Gasteiger partial charge in [-0.1, -0.05) is 48.5 Å². The van der Waals surface area contributed by atoms with Gasteiger partial charge < -0.3 is 30.0 Å². The molecule has 2 aliphatic rings. The average Bonchev–Trinajstić information content (AvgIpc) is 2.80. The number of amides is 2. The van der Waals surface area contributed by atoms with E-state index in [1.165, 1.54) is 6.92 Å². The Balaban J connectivity index is 1.56. The van der Waals surface area contributed by atoms with Crippen molar-refractivity contribution in [2.45, 2.75) is 43.7 Å². The number of hydrogen-bond donors (Lipinski definition) is 3. The fourth-order valence-corrected chi connectivity index (χ4v) is 3.90. The normalized spacial score (nSPS) is 30.1. The highest BCUT2D eigenvalue weighted by Crippen LogP contribution is 2.34. The monoisotopic (exact) mass is 426 g/mol. The summed E-state index contributed by atoms with van der Waals surface area (Å²) < 4.78 is 18.0. The summed E-state index contributed by atoms with van der Waals surface area (Å²) >= 11 is 0. The number of carbonyl (C=O) groups is 2. The zero-order chi connectivity index (χ0) is 21.8. The maximum absolute atomic E-state index is 12.8. The van der Waals surface area contributed by atoms with Gasteiger partial charge in [0.2, 0.25) is 5.91 Å². The summed E-state index contributed by atoms with van der Waals surface area (Å²) in [6.45, 7) is 1.73. The Morgan fingerprint density at radius 1 is 1.03 bits per heavy atom. The highest BCUT2D eigenvalue weighted by molar-refractivity contribution is 5.94. The van der Waals surface area contributed by atoms with E-state index in [-0.39, 0.29) is 25.0 Å². The van der Waals surface area contributed by atoms with E-state index in [1.807, 2.05) is 36.4 Å². The fraction of sp³-hybridized carbons (Fsp3) is 0.391. The lowest BCUT2D eigenvalue weighted by Gasteiger charge is -2.48. The number of nitrogens with one attached hydrogen (secondary N) is 2. The van der Waals surface area contributed by atoms with Gasteiger partial charge in [-0.05, 0) is 12.1 Å². The van der Waals surface area contributed by atoms with Gasteiger partial charge in [0.25, 0.3) is 5.91 Å². The maximum Gasteiger partial charge on any atom is 0.251 e. The second kappa shape index (κ2) is 9.57. The fourth-order valence-electron chi connectivity index (χ4n) is 3.90. The predicted octanol–water partition coefficient (Wildman–Crippen LogP) is 1.16. The summed E-state index contributed by atoms with van der Waals surface area (Å²) in [6, 6.07) is 17.5. The molecule has 1 unspecified atom stereocenters. The quantitative estimate of drug-likeness (QED) is 0.663. The van der Waals surface area contributed by atoms with Crippen molar-refractivity contribution in [1.29, 1.82) is 0 Å². The lowest BCUT2D eigenvalue weighted by Crippen LogP contribution is -2.68. The van der Waals surface area contributed by atoms with E-state index in [9.17, 15) is 14.7 Å². The van der Waals surface area contributed by atoms with E-state index in [0.717, 1.165) is 5.56 Å². The van der Waals surface area contributed by atoms with E-state index in [0.29, 0.717) is 5.56 Å². The molecule has 164 valence electrons. The molecule has 2 amide bonds. The molecule has 8 heteroatoms. The van der Waals surface area contributed by atoms with Crippen LogP contribution in [0.1, 0.15) is 29.1 Å². The van der Waals surface area contributed by atoms with E-state index >= 15 is 0 Å². The van der Waals surface area contributed by atoms with Crippen molar-refractivity contribution in [2.75, 3.05) is 13.2 Å². The van der Waals surface area contributed by atoms with Crippen LogP contribution in [0.4, 0.5) is 0 Å². The Bertz CT molecular complexity index is 893. The minimum Gasteiger partial charge on any atom is -0.388 e. The van der Waals surface area contributed by atoms with Crippen molar-refractivity contribution >= 4 is 11.8 Å². The van der Waals surface area contributed by atoms with Gasteiger partial charge in [0.1, 0.15) is 24.4 Å². The van der Waals surface area contributed by atoms with Crippen molar-refractivity contribution in [2.24, 2.45) is 0 Å². The van der Waals surface area contributed by atoms with Gasteiger partial charge in [-0.25, -0.2) is 0 Å². The van der Waals surface area contributed by atoms with Gasteiger partial charge >= 0.3 is 0 Å². The smallest absolute Gasteiger partial charge is 0.251 e. The molecule has 8 nitrogen and oxygen atoms in total. The summed E-state index contributed by atoms with van der Waals surface area (Å²) in [7, 11) is 0. The van der Waals surface area contributed by atoms with Gasteiger partial charge in [-0.3, -0.25) is 9.59 Å². The van der Waals surface area contributed by atoms with Crippen LogP contribution in [0.2, 0.25) is 0 Å². The molecule has 2 saturated heterocycles. The number of hydrogen-bond acceptors (Lipinski definition) is 6.